The summed E-state index contributed by atoms with van der Waals surface area (Å²) in [5, 5.41) is 6.92. The van der Waals surface area contributed by atoms with Crippen LogP contribution in [0.15, 0.2) is 24.3 Å². The molecule has 0 aliphatic rings. The Morgan fingerprint density at radius 3 is 2.48 bits per heavy atom. The maximum Gasteiger partial charge on any atom is 0.416 e. The number of hydrogen-bond donors (Lipinski definition) is 1. The fraction of sp³-hybridized carbons (Fsp3) is 0.467. The second-order valence-electron chi connectivity index (χ2n) is 5.16. The highest BCUT2D eigenvalue weighted by Gasteiger charge is 2.29. The molecule has 0 radical (unpaired) electrons. The van der Waals surface area contributed by atoms with Crippen molar-refractivity contribution < 1.29 is 17.9 Å². The van der Waals surface area contributed by atoms with E-state index in [4.69, 9.17) is 4.74 Å². The third-order valence-corrected chi connectivity index (χ3v) is 3.24. The number of nitrogens with one attached hydrogen (secondary N) is 1. The van der Waals surface area contributed by atoms with Crippen LogP contribution in [0.5, 0.6) is 5.75 Å². The van der Waals surface area contributed by atoms with Gasteiger partial charge in [0.15, 0.2) is 0 Å². The molecule has 0 atom stereocenters. The van der Waals surface area contributed by atoms with Crippen molar-refractivity contribution in [1.82, 2.24) is 20.1 Å². The van der Waals surface area contributed by atoms with Gasteiger partial charge >= 0.3 is 6.18 Å². The molecule has 0 unspecified atom stereocenters. The zero-order chi connectivity index (χ0) is 16.9. The first kappa shape index (κ1) is 17.3. The highest BCUT2D eigenvalue weighted by molar-refractivity contribution is 5.28. The second kappa shape index (κ2) is 7.45. The van der Waals surface area contributed by atoms with E-state index >= 15 is 0 Å². The quantitative estimate of drug-likeness (QED) is 0.849. The maximum absolute atomic E-state index is 12.5. The van der Waals surface area contributed by atoms with Crippen LogP contribution < -0.4 is 4.74 Å². The summed E-state index contributed by atoms with van der Waals surface area (Å²) in [7, 11) is 1.91. The molecule has 2 aromatic rings. The summed E-state index contributed by atoms with van der Waals surface area (Å²) in [5.74, 6) is 1.97. The number of alkyl halides is 3. The lowest BCUT2D eigenvalue weighted by Gasteiger charge is -2.15. The van der Waals surface area contributed by atoms with Crippen molar-refractivity contribution in [3.05, 3.63) is 41.5 Å². The third-order valence-electron chi connectivity index (χ3n) is 3.24. The Hall–Kier alpha value is -2.09. The van der Waals surface area contributed by atoms with Crippen molar-refractivity contribution in [2.24, 2.45) is 0 Å². The Morgan fingerprint density at radius 2 is 1.91 bits per heavy atom. The van der Waals surface area contributed by atoms with Crippen LogP contribution in [0.1, 0.15) is 24.1 Å². The zero-order valence-electron chi connectivity index (χ0n) is 13.0. The number of benzene rings is 1. The SMILES string of the molecule is CCc1n[nH]c(CN(C)CCOc2ccc(C(F)(F)F)cc2)n1. The minimum atomic E-state index is -4.33. The number of H-pyrrole nitrogens is 1. The van der Waals surface area contributed by atoms with Crippen LogP contribution in [-0.2, 0) is 19.1 Å². The lowest BCUT2D eigenvalue weighted by Crippen LogP contribution is -2.24. The van der Waals surface area contributed by atoms with E-state index in [1.165, 1.54) is 12.1 Å². The van der Waals surface area contributed by atoms with Gasteiger partial charge in [-0.15, -0.1) is 0 Å². The first-order chi connectivity index (χ1) is 10.9. The molecule has 0 bridgehead atoms. The topological polar surface area (TPSA) is 54.0 Å². The molecular formula is C15H19F3N4O. The number of aryl methyl sites for hydroxylation is 1. The molecule has 1 aromatic carbocycles. The van der Waals surface area contributed by atoms with Gasteiger partial charge < -0.3 is 4.74 Å². The predicted molar refractivity (Wildman–Crippen MR) is 79.0 cm³/mol. The van der Waals surface area contributed by atoms with Crippen LogP contribution in [-0.4, -0.2) is 40.3 Å². The molecule has 5 nitrogen and oxygen atoms in total. The number of aromatic amines is 1. The van der Waals surface area contributed by atoms with Gasteiger partial charge in [-0.2, -0.15) is 18.3 Å². The van der Waals surface area contributed by atoms with E-state index in [9.17, 15) is 13.2 Å². The summed E-state index contributed by atoms with van der Waals surface area (Å²) in [6, 6.07) is 4.68. The van der Waals surface area contributed by atoms with Gasteiger partial charge in [0.2, 0.25) is 0 Å². The number of hydrogen-bond acceptors (Lipinski definition) is 4. The van der Waals surface area contributed by atoms with E-state index in [0.717, 1.165) is 30.2 Å². The highest BCUT2D eigenvalue weighted by Crippen LogP contribution is 2.30. The lowest BCUT2D eigenvalue weighted by molar-refractivity contribution is -0.137. The van der Waals surface area contributed by atoms with Crippen LogP contribution in [0.4, 0.5) is 13.2 Å². The molecule has 2 rings (SSSR count). The number of rotatable bonds is 7. The molecule has 0 aliphatic heterocycles. The Balaban J connectivity index is 1.75. The Labute approximate surface area is 132 Å². The summed E-state index contributed by atoms with van der Waals surface area (Å²) in [6.45, 7) is 3.57. The van der Waals surface area contributed by atoms with E-state index in [2.05, 4.69) is 15.2 Å². The molecule has 0 spiro atoms. The fourth-order valence-electron chi connectivity index (χ4n) is 1.96. The molecule has 0 fully saturated rings. The summed E-state index contributed by atoms with van der Waals surface area (Å²) in [4.78, 5) is 6.30. The number of aromatic nitrogens is 3. The first-order valence-corrected chi connectivity index (χ1v) is 7.27. The van der Waals surface area contributed by atoms with Crippen molar-refractivity contribution in [2.75, 3.05) is 20.2 Å². The number of ether oxygens (including phenoxy) is 1. The van der Waals surface area contributed by atoms with Gasteiger partial charge in [0, 0.05) is 13.0 Å². The van der Waals surface area contributed by atoms with E-state index in [1.807, 2.05) is 18.9 Å². The molecule has 0 amide bonds. The van der Waals surface area contributed by atoms with Crippen molar-refractivity contribution in [1.29, 1.82) is 0 Å². The van der Waals surface area contributed by atoms with Gasteiger partial charge in [0.1, 0.15) is 24.0 Å². The molecule has 23 heavy (non-hydrogen) atoms. The zero-order valence-corrected chi connectivity index (χ0v) is 13.0. The van der Waals surface area contributed by atoms with Gasteiger partial charge in [-0.3, -0.25) is 10.00 Å². The largest absolute Gasteiger partial charge is 0.492 e. The van der Waals surface area contributed by atoms with Gasteiger partial charge in [-0.1, -0.05) is 6.92 Å². The summed E-state index contributed by atoms with van der Waals surface area (Å²) < 4.78 is 42.8. The Morgan fingerprint density at radius 1 is 1.22 bits per heavy atom. The van der Waals surface area contributed by atoms with E-state index in [0.29, 0.717) is 25.4 Å². The molecule has 0 saturated heterocycles. The standard InChI is InChI=1S/C15H19F3N4O/c1-3-13-19-14(21-20-13)10-22(2)8-9-23-12-6-4-11(5-7-12)15(16,17)18/h4-7H,3,8-10H2,1-2H3,(H,19,20,21). The molecule has 0 saturated carbocycles. The number of likely N-dealkylation sites (N-methyl/N-ethyl adjacent to an activating group) is 1. The minimum absolute atomic E-state index is 0.372. The van der Waals surface area contributed by atoms with Crippen molar-refractivity contribution in [3.63, 3.8) is 0 Å². The second-order valence-corrected chi connectivity index (χ2v) is 5.16. The monoisotopic (exact) mass is 328 g/mol. The molecule has 1 heterocycles. The molecule has 8 heteroatoms. The molecule has 126 valence electrons. The number of halogens is 3. The minimum Gasteiger partial charge on any atom is -0.492 e. The average molecular weight is 328 g/mol. The van der Waals surface area contributed by atoms with Crippen LogP contribution in [0, 0.1) is 0 Å². The summed E-state index contributed by atoms with van der Waals surface area (Å²) in [5.41, 5.74) is -0.681. The van der Waals surface area contributed by atoms with E-state index < -0.39 is 11.7 Å². The smallest absolute Gasteiger partial charge is 0.416 e. The fourth-order valence-corrected chi connectivity index (χ4v) is 1.96. The van der Waals surface area contributed by atoms with E-state index in [-0.39, 0.29) is 0 Å². The van der Waals surface area contributed by atoms with Crippen molar-refractivity contribution >= 4 is 0 Å². The molecule has 0 aliphatic carbocycles. The maximum atomic E-state index is 12.5. The predicted octanol–water partition coefficient (Wildman–Crippen LogP) is 2.90. The average Bonchev–Trinajstić information content (AvgIpc) is 2.94. The molecular weight excluding hydrogens is 309 g/mol. The van der Waals surface area contributed by atoms with Crippen LogP contribution in [0.2, 0.25) is 0 Å². The molecule has 1 N–H and O–H groups in total. The van der Waals surface area contributed by atoms with Gasteiger partial charge in [-0.05, 0) is 31.3 Å². The Kier molecular flexibility index (Phi) is 5.59. The van der Waals surface area contributed by atoms with Gasteiger partial charge in [-0.25, -0.2) is 4.98 Å². The summed E-state index contributed by atoms with van der Waals surface area (Å²) >= 11 is 0. The van der Waals surface area contributed by atoms with Crippen molar-refractivity contribution in [2.45, 2.75) is 26.1 Å². The van der Waals surface area contributed by atoms with Crippen LogP contribution >= 0.6 is 0 Å². The normalized spacial score (nSPS) is 11.9. The summed E-state index contributed by atoms with van der Waals surface area (Å²) in [6.07, 6.45) is -3.55. The highest BCUT2D eigenvalue weighted by atomic mass is 19.4. The van der Waals surface area contributed by atoms with Gasteiger partial charge in [0.25, 0.3) is 0 Å². The molecule has 1 aromatic heterocycles. The van der Waals surface area contributed by atoms with E-state index in [1.54, 1.807) is 0 Å². The van der Waals surface area contributed by atoms with Crippen molar-refractivity contribution in [3.8, 4) is 5.75 Å². The Bertz CT molecular complexity index is 610. The number of nitrogens with zero attached hydrogens (tertiary/aromatic N) is 3. The lowest BCUT2D eigenvalue weighted by atomic mass is 10.2. The van der Waals surface area contributed by atoms with Crippen LogP contribution in [0.25, 0.3) is 0 Å². The van der Waals surface area contributed by atoms with Crippen LogP contribution in [0.3, 0.4) is 0 Å². The third kappa shape index (κ3) is 5.24. The van der Waals surface area contributed by atoms with Gasteiger partial charge in [0.05, 0.1) is 12.1 Å². The first-order valence-electron chi connectivity index (χ1n) is 7.27.